The molecule has 0 unspecified atom stereocenters. The molecule has 0 aliphatic rings. The number of hydrogen-bond acceptors (Lipinski definition) is 2. The molecule has 0 bridgehead atoms. The van der Waals surface area contributed by atoms with Crippen molar-refractivity contribution in [3.63, 3.8) is 0 Å². The fraction of sp³-hybridized carbons (Fsp3) is 0.357. The molecule has 1 heterocycles. The van der Waals surface area contributed by atoms with E-state index in [1.54, 1.807) is 12.1 Å². The van der Waals surface area contributed by atoms with E-state index >= 15 is 0 Å². The number of aromatic amines is 1. The average Bonchev–Trinajstić information content (AvgIpc) is 2.78. The Morgan fingerprint density at radius 1 is 1.42 bits per heavy atom. The second-order valence-corrected chi connectivity index (χ2v) is 4.91. The highest BCUT2D eigenvalue weighted by molar-refractivity contribution is 6.31. The van der Waals surface area contributed by atoms with Crippen molar-refractivity contribution in [1.82, 2.24) is 15.5 Å². The molecule has 19 heavy (non-hydrogen) atoms. The van der Waals surface area contributed by atoms with Crippen LogP contribution in [0.2, 0.25) is 5.02 Å². The molecule has 1 aromatic heterocycles. The summed E-state index contributed by atoms with van der Waals surface area (Å²) in [7, 11) is 0. The first-order valence-electron chi connectivity index (χ1n) is 6.31. The van der Waals surface area contributed by atoms with Crippen LogP contribution in [0.5, 0.6) is 0 Å². The van der Waals surface area contributed by atoms with Crippen molar-refractivity contribution in [2.24, 2.45) is 0 Å². The molecule has 1 aromatic carbocycles. The monoisotopic (exact) mass is 281 g/mol. The molecule has 0 fully saturated rings. The molecule has 2 N–H and O–H groups in total. The first kappa shape index (κ1) is 14.0. The van der Waals surface area contributed by atoms with Crippen LogP contribution < -0.4 is 5.32 Å². The molecule has 0 radical (unpaired) electrons. The summed E-state index contributed by atoms with van der Waals surface area (Å²) in [6.45, 7) is 3.28. The van der Waals surface area contributed by atoms with Gasteiger partial charge in [0.15, 0.2) is 0 Å². The minimum Gasteiger partial charge on any atom is -0.312 e. The van der Waals surface area contributed by atoms with Gasteiger partial charge in [0.1, 0.15) is 5.82 Å². The van der Waals surface area contributed by atoms with E-state index in [4.69, 9.17) is 11.6 Å². The Bertz CT molecular complexity index is 519. The SMILES string of the molecule is Cc1[nH]ncc1CCCNCc1c(F)cccc1Cl. The van der Waals surface area contributed by atoms with Gasteiger partial charge in [0, 0.05) is 22.8 Å². The zero-order valence-corrected chi connectivity index (χ0v) is 11.6. The van der Waals surface area contributed by atoms with Gasteiger partial charge in [-0.3, -0.25) is 5.10 Å². The average molecular weight is 282 g/mol. The van der Waals surface area contributed by atoms with Gasteiger partial charge in [0.2, 0.25) is 0 Å². The molecular formula is C14H17ClFN3. The minimum absolute atomic E-state index is 0.259. The normalized spacial score (nSPS) is 10.9. The highest BCUT2D eigenvalue weighted by Gasteiger charge is 2.06. The van der Waals surface area contributed by atoms with Gasteiger partial charge in [0.25, 0.3) is 0 Å². The van der Waals surface area contributed by atoms with E-state index in [-0.39, 0.29) is 5.82 Å². The summed E-state index contributed by atoms with van der Waals surface area (Å²) in [6, 6.07) is 4.75. The van der Waals surface area contributed by atoms with E-state index in [9.17, 15) is 4.39 Å². The summed E-state index contributed by atoms with van der Waals surface area (Å²) >= 11 is 5.95. The summed E-state index contributed by atoms with van der Waals surface area (Å²) in [4.78, 5) is 0. The van der Waals surface area contributed by atoms with Crippen LogP contribution in [0.1, 0.15) is 23.2 Å². The maximum Gasteiger partial charge on any atom is 0.129 e. The quantitative estimate of drug-likeness (QED) is 0.798. The number of aryl methyl sites for hydroxylation is 2. The summed E-state index contributed by atoms with van der Waals surface area (Å²) in [5, 5.41) is 10.6. The van der Waals surface area contributed by atoms with Crippen LogP contribution in [0.4, 0.5) is 4.39 Å². The van der Waals surface area contributed by atoms with E-state index in [1.165, 1.54) is 11.6 Å². The number of benzene rings is 1. The van der Waals surface area contributed by atoms with Crippen molar-refractivity contribution in [2.45, 2.75) is 26.3 Å². The van der Waals surface area contributed by atoms with Crippen molar-refractivity contribution >= 4 is 11.6 Å². The third-order valence-electron chi connectivity index (χ3n) is 3.10. The number of halogens is 2. The minimum atomic E-state index is -0.259. The molecule has 5 heteroatoms. The molecule has 102 valence electrons. The van der Waals surface area contributed by atoms with E-state index in [2.05, 4.69) is 15.5 Å². The van der Waals surface area contributed by atoms with Crippen LogP contribution in [-0.2, 0) is 13.0 Å². The molecule has 2 rings (SSSR count). The fourth-order valence-corrected chi connectivity index (χ4v) is 2.18. The number of nitrogens with zero attached hydrogens (tertiary/aromatic N) is 1. The van der Waals surface area contributed by atoms with Gasteiger partial charge < -0.3 is 5.32 Å². The van der Waals surface area contributed by atoms with Crippen molar-refractivity contribution in [3.05, 3.63) is 52.1 Å². The largest absolute Gasteiger partial charge is 0.312 e. The Morgan fingerprint density at radius 2 is 2.26 bits per heavy atom. The predicted octanol–water partition coefficient (Wildman–Crippen LogP) is 3.23. The second-order valence-electron chi connectivity index (χ2n) is 4.50. The van der Waals surface area contributed by atoms with Crippen LogP contribution in [0.3, 0.4) is 0 Å². The van der Waals surface area contributed by atoms with Crippen LogP contribution in [0.15, 0.2) is 24.4 Å². The van der Waals surface area contributed by atoms with Gasteiger partial charge in [-0.05, 0) is 44.0 Å². The van der Waals surface area contributed by atoms with Gasteiger partial charge in [-0.2, -0.15) is 5.10 Å². The number of nitrogens with one attached hydrogen (secondary N) is 2. The van der Waals surface area contributed by atoms with Crippen molar-refractivity contribution < 1.29 is 4.39 Å². The van der Waals surface area contributed by atoms with Gasteiger partial charge >= 0.3 is 0 Å². The number of aromatic nitrogens is 2. The molecule has 0 amide bonds. The van der Waals surface area contributed by atoms with Gasteiger partial charge in [-0.25, -0.2) is 4.39 Å². The lowest BCUT2D eigenvalue weighted by Crippen LogP contribution is -2.16. The summed E-state index contributed by atoms with van der Waals surface area (Å²) < 4.78 is 13.5. The zero-order valence-electron chi connectivity index (χ0n) is 10.8. The highest BCUT2D eigenvalue weighted by Crippen LogP contribution is 2.18. The molecule has 2 aromatic rings. The van der Waals surface area contributed by atoms with Crippen molar-refractivity contribution in [3.8, 4) is 0 Å². The predicted molar refractivity (Wildman–Crippen MR) is 74.8 cm³/mol. The maximum absolute atomic E-state index is 13.5. The lowest BCUT2D eigenvalue weighted by Gasteiger charge is -2.07. The Balaban J connectivity index is 1.74. The Labute approximate surface area is 117 Å². The van der Waals surface area contributed by atoms with Gasteiger partial charge in [0.05, 0.1) is 6.20 Å². The molecule has 0 atom stereocenters. The second kappa shape index (κ2) is 6.68. The van der Waals surface area contributed by atoms with Crippen molar-refractivity contribution in [1.29, 1.82) is 0 Å². The van der Waals surface area contributed by atoms with Crippen molar-refractivity contribution in [2.75, 3.05) is 6.54 Å². The molecule has 0 aliphatic carbocycles. The number of hydrogen-bond donors (Lipinski definition) is 2. The Kier molecular flexibility index (Phi) is 4.93. The van der Waals surface area contributed by atoms with E-state index in [0.29, 0.717) is 17.1 Å². The molecule has 3 nitrogen and oxygen atoms in total. The summed E-state index contributed by atoms with van der Waals surface area (Å²) in [5.41, 5.74) is 2.87. The van der Waals surface area contributed by atoms with Gasteiger partial charge in [-0.1, -0.05) is 17.7 Å². The molecule has 0 saturated heterocycles. The molecular weight excluding hydrogens is 265 g/mol. The summed E-state index contributed by atoms with van der Waals surface area (Å²) in [6.07, 6.45) is 3.79. The van der Waals surface area contributed by atoms with E-state index in [0.717, 1.165) is 25.1 Å². The van der Waals surface area contributed by atoms with Gasteiger partial charge in [-0.15, -0.1) is 0 Å². The third kappa shape index (κ3) is 3.78. The Morgan fingerprint density at radius 3 is 2.95 bits per heavy atom. The number of rotatable bonds is 6. The van der Waals surface area contributed by atoms with Crippen LogP contribution >= 0.6 is 11.6 Å². The topological polar surface area (TPSA) is 40.7 Å². The van der Waals surface area contributed by atoms with Crippen LogP contribution in [0, 0.1) is 12.7 Å². The standard InChI is InChI=1S/C14H17ClFN3/c1-10-11(8-18-19-10)4-3-7-17-9-12-13(15)5-2-6-14(12)16/h2,5-6,8,17H,3-4,7,9H2,1H3,(H,18,19). The summed E-state index contributed by atoms with van der Waals surface area (Å²) in [5.74, 6) is -0.259. The fourth-order valence-electron chi connectivity index (χ4n) is 1.95. The Hall–Kier alpha value is -1.39. The third-order valence-corrected chi connectivity index (χ3v) is 3.45. The molecule has 0 saturated carbocycles. The molecule has 0 spiro atoms. The lowest BCUT2D eigenvalue weighted by atomic mass is 10.1. The zero-order chi connectivity index (χ0) is 13.7. The first-order chi connectivity index (χ1) is 9.18. The number of H-pyrrole nitrogens is 1. The lowest BCUT2D eigenvalue weighted by molar-refractivity contribution is 0.582. The van der Waals surface area contributed by atoms with E-state index in [1.807, 2.05) is 13.1 Å². The smallest absolute Gasteiger partial charge is 0.129 e. The van der Waals surface area contributed by atoms with E-state index < -0.39 is 0 Å². The van der Waals surface area contributed by atoms with Crippen LogP contribution in [-0.4, -0.2) is 16.7 Å². The molecule has 0 aliphatic heterocycles. The van der Waals surface area contributed by atoms with Crippen LogP contribution in [0.25, 0.3) is 0 Å². The maximum atomic E-state index is 13.5. The highest BCUT2D eigenvalue weighted by atomic mass is 35.5. The first-order valence-corrected chi connectivity index (χ1v) is 6.68.